The van der Waals surface area contributed by atoms with Gasteiger partial charge in [0.05, 0.1) is 13.2 Å². The van der Waals surface area contributed by atoms with Crippen molar-refractivity contribution >= 4 is 17.5 Å². The number of carbonyl (C=O) groups excluding carboxylic acids is 1. The van der Waals surface area contributed by atoms with E-state index in [1.54, 1.807) is 13.2 Å². The van der Waals surface area contributed by atoms with Gasteiger partial charge in [0.15, 0.2) is 5.71 Å². The van der Waals surface area contributed by atoms with Gasteiger partial charge in [0, 0.05) is 26.0 Å². The van der Waals surface area contributed by atoms with Crippen LogP contribution in [0.5, 0.6) is 0 Å². The van der Waals surface area contributed by atoms with E-state index in [9.17, 15) is 9.18 Å². The van der Waals surface area contributed by atoms with Gasteiger partial charge < -0.3 is 14.8 Å². The zero-order valence-electron chi connectivity index (χ0n) is 18.8. The van der Waals surface area contributed by atoms with Crippen LogP contribution in [-0.2, 0) is 20.7 Å². The minimum Gasteiger partial charge on any atom is -0.492 e. The predicted octanol–water partition coefficient (Wildman–Crippen LogP) is 4.64. The van der Waals surface area contributed by atoms with Crippen molar-refractivity contribution in [1.82, 2.24) is 5.32 Å². The Morgan fingerprint density at radius 2 is 2.06 bits per heavy atom. The van der Waals surface area contributed by atoms with E-state index in [-0.39, 0.29) is 35.5 Å². The molecular formula is C25H32FN3O3. The maximum Gasteiger partial charge on any atom is 0.273 e. The number of amides is 1. The van der Waals surface area contributed by atoms with Gasteiger partial charge in [-0.1, -0.05) is 50.3 Å². The van der Waals surface area contributed by atoms with Crippen molar-refractivity contribution in [1.29, 1.82) is 5.41 Å². The molecule has 1 amide bonds. The number of ether oxygens (including phenoxy) is 2. The van der Waals surface area contributed by atoms with Gasteiger partial charge in [-0.25, -0.2) is 9.38 Å². The SMILES string of the molecule is C=C(OCCCC)C(=NC(=N)Cc1ccc(C2C=CC(F)=CC2)cc1)C(=O)NCCOC. The highest BCUT2D eigenvalue weighted by Gasteiger charge is 2.18. The monoisotopic (exact) mass is 441 g/mol. The Morgan fingerprint density at radius 3 is 2.69 bits per heavy atom. The normalized spacial score (nSPS) is 15.8. The van der Waals surface area contributed by atoms with Crippen molar-refractivity contribution in [3.05, 3.63) is 71.8 Å². The number of aliphatic imine (C=N–C) groups is 1. The molecule has 0 spiro atoms. The zero-order chi connectivity index (χ0) is 23.3. The molecule has 7 heteroatoms. The molecule has 0 saturated carbocycles. The summed E-state index contributed by atoms with van der Waals surface area (Å²) in [5.74, 6) is -0.332. The molecule has 0 fully saturated rings. The highest BCUT2D eigenvalue weighted by molar-refractivity contribution is 6.46. The second-order valence-electron chi connectivity index (χ2n) is 7.49. The summed E-state index contributed by atoms with van der Waals surface area (Å²) in [5, 5.41) is 11.0. The number of methoxy groups -OCH3 is 1. The molecule has 0 aromatic heterocycles. The van der Waals surface area contributed by atoms with Crippen molar-refractivity contribution in [2.75, 3.05) is 26.9 Å². The van der Waals surface area contributed by atoms with Crippen LogP contribution >= 0.6 is 0 Å². The summed E-state index contributed by atoms with van der Waals surface area (Å²) in [5.41, 5.74) is 1.97. The number of nitrogens with one attached hydrogen (secondary N) is 2. The minimum absolute atomic E-state index is 0.0000158. The van der Waals surface area contributed by atoms with Crippen LogP contribution in [0.2, 0.25) is 0 Å². The van der Waals surface area contributed by atoms with Gasteiger partial charge in [0.1, 0.15) is 17.4 Å². The topological polar surface area (TPSA) is 83.8 Å². The van der Waals surface area contributed by atoms with Crippen molar-refractivity contribution in [2.45, 2.75) is 38.5 Å². The van der Waals surface area contributed by atoms with E-state index in [4.69, 9.17) is 14.9 Å². The Kier molecular flexibility index (Phi) is 10.5. The summed E-state index contributed by atoms with van der Waals surface area (Å²) in [4.78, 5) is 16.8. The second kappa shape index (κ2) is 13.4. The van der Waals surface area contributed by atoms with Gasteiger partial charge in [0.25, 0.3) is 5.91 Å². The number of allylic oxidation sites excluding steroid dienone is 4. The van der Waals surface area contributed by atoms with Gasteiger partial charge in [0.2, 0.25) is 0 Å². The van der Waals surface area contributed by atoms with E-state index in [1.165, 1.54) is 6.08 Å². The summed E-state index contributed by atoms with van der Waals surface area (Å²) < 4.78 is 23.7. The molecule has 2 N–H and O–H groups in total. The molecule has 0 bridgehead atoms. The molecule has 1 aromatic rings. The van der Waals surface area contributed by atoms with E-state index >= 15 is 0 Å². The average Bonchev–Trinajstić information content (AvgIpc) is 2.79. The van der Waals surface area contributed by atoms with Gasteiger partial charge in [-0.3, -0.25) is 10.2 Å². The first-order valence-electron chi connectivity index (χ1n) is 10.8. The smallest absolute Gasteiger partial charge is 0.273 e. The summed E-state index contributed by atoms with van der Waals surface area (Å²) >= 11 is 0. The first-order chi connectivity index (χ1) is 15.4. The quantitative estimate of drug-likeness (QED) is 0.215. The second-order valence-corrected chi connectivity index (χ2v) is 7.49. The highest BCUT2D eigenvalue weighted by Crippen LogP contribution is 2.27. The summed E-state index contributed by atoms with van der Waals surface area (Å²) in [6.07, 6.45) is 7.59. The molecule has 1 aliphatic rings. The molecule has 1 aromatic carbocycles. The number of unbranched alkanes of at least 4 members (excludes halogenated alkanes) is 1. The first-order valence-corrected chi connectivity index (χ1v) is 10.8. The van der Waals surface area contributed by atoms with Crippen LogP contribution in [0.3, 0.4) is 0 Å². The number of amidine groups is 1. The predicted molar refractivity (Wildman–Crippen MR) is 126 cm³/mol. The van der Waals surface area contributed by atoms with Crippen LogP contribution in [0.25, 0.3) is 0 Å². The summed E-state index contributed by atoms with van der Waals surface area (Å²) in [6, 6.07) is 7.80. The lowest BCUT2D eigenvalue weighted by Crippen LogP contribution is -2.35. The van der Waals surface area contributed by atoms with E-state index in [0.29, 0.717) is 26.2 Å². The van der Waals surface area contributed by atoms with E-state index in [1.807, 2.05) is 37.3 Å². The van der Waals surface area contributed by atoms with Gasteiger partial charge in [-0.05, 0) is 36.1 Å². The van der Waals surface area contributed by atoms with Crippen LogP contribution in [0.1, 0.15) is 43.2 Å². The number of rotatable bonds is 12. The molecule has 6 nitrogen and oxygen atoms in total. The third-order valence-electron chi connectivity index (χ3n) is 4.93. The Hall–Kier alpha value is -3.06. The molecule has 172 valence electrons. The van der Waals surface area contributed by atoms with Crippen LogP contribution in [-0.4, -0.2) is 44.3 Å². The number of hydrogen-bond donors (Lipinski definition) is 2. The molecule has 32 heavy (non-hydrogen) atoms. The number of halogens is 1. The maximum absolute atomic E-state index is 13.2. The lowest BCUT2D eigenvalue weighted by atomic mass is 9.91. The Bertz CT molecular complexity index is 864. The van der Waals surface area contributed by atoms with Crippen molar-refractivity contribution < 1.29 is 18.7 Å². The number of nitrogens with zero attached hydrogens (tertiary/aromatic N) is 1. The molecule has 1 atom stereocenters. The Balaban J connectivity index is 2.05. The third kappa shape index (κ3) is 8.23. The molecule has 0 aliphatic heterocycles. The fraction of sp³-hybridized carbons (Fsp3) is 0.400. The van der Waals surface area contributed by atoms with Gasteiger partial charge in [-0.2, -0.15) is 0 Å². The van der Waals surface area contributed by atoms with E-state index in [2.05, 4.69) is 16.9 Å². The van der Waals surface area contributed by atoms with Crippen molar-refractivity contribution in [3.8, 4) is 0 Å². The molecule has 1 aliphatic carbocycles. The first kappa shape index (κ1) is 25.2. The number of hydrogen-bond acceptors (Lipinski definition) is 4. The van der Waals surface area contributed by atoms with Crippen molar-refractivity contribution in [3.63, 3.8) is 0 Å². The third-order valence-corrected chi connectivity index (χ3v) is 4.93. The van der Waals surface area contributed by atoms with Crippen LogP contribution in [0.4, 0.5) is 4.39 Å². The van der Waals surface area contributed by atoms with Gasteiger partial charge >= 0.3 is 0 Å². The molecule has 0 radical (unpaired) electrons. The molecule has 2 rings (SSSR count). The average molecular weight is 442 g/mol. The van der Waals surface area contributed by atoms with E-state index < -0.39 is 5.91 Å². The minimum atomic E-state index is -0.451. The van der Waals surface area contributed by atoms with Crippen molar-refractivity contribution in [2.24, 2.45) is 4.99 Å². The summed E-state index contributed by atoms with van der Waals surface area (Å²) in [6.45, 7) is 6.99. The van der Waals surface area contributed by atoms with E-state index in [0.717, 1.165) is 24.0 Å². The summed E-state index contributed by atoms with van der Waals surface area (Å²) in [7, 11) is 1.55. The van der Waals surface area contributed by atoms with Crippen LogP contribution in [0, 0.1) is 5.41 Å². The van der Waals surface area contributed by atoms with Crippen LogP contribution in [0.15, 0.2) is 65.7 Å². The molecule has 1 unspecified atom stereocenters. The lowest BCUT2D eigenvalue weighted by molar-refractivity contribution is -0.115. The zero-order valence-corrected chi connectivity index (χ0v) is 18.8. The van der Waals surface area contributed by atoms with Gasteiger partial charge in [-0.15, -0.1) is 0 Å². The fourth-order valence-corrected chi connectivity index (χ4v) is 3.09. The molecular weight excluding hydrogens is 409 g/mol. The highest BCUT2D eigenvalue weighted by atomic mass is 19.1. The lowest BCUT2D eigenvalue weighted by Gasteiger charge is -2.15. The largest absolute Gasteiger partial charge is 0.492 e. The molecule has 0 saturated heterocycles. The number of benzene rings is 1. The molecule has 0 heterocycles. The standard InChI is InChI=1S/C25H32FN3O3/c1-4-5-15-32-18(2)24(25(30)28-14-16-31-3)29-23(27)17-19-6-8-20(9-7-19)21-10-12-22(26)13-11-21/h6-10,12-13,21,27H,2,4-5,11,14-17H2,1,3H3,(H,28,30). The van der Waals surface area contributed by atoms with Crippen LogP contribution < -0.4 is 5.32 Å². The Morgan fingerprint density at radius 1 is 1.31 bits per heavy atom. The fourth-order valence-electron chi connectivity index (χ4n) is 3.09. The number of carbonyl (C=O) groups is 1. The Labute approximate surface area is 189 Å². The maximum atomic E-state index is 13.2.